The highest BCUT2D eigenvalue weighted by Gasteiger charge is 2.14. The van der Waals surface area contributed by atoms with Gasteiger partial charge in [-0.2, -0.15) is 0 Å². The van der Waals surface area contributed by atoms with Crippen LogP contribution in [0.15, 0.2) is 150 Å². The molecule has 0 fully saturated rings. The number of hydrogen-bond donors (Lipinski definition) is 1. The molecule has 0 bridgehead atoms. The summed E-state index contributed by atoms with van der Waals surface area (Å²) in [6.07, 6.45) is 0. The second-order valence-corrected chi connectivity index (χ2v) is 9.48. The Kier molecular flexibility index (Phi) is 5.49. The molecule has 0 amide bonds. The first-order valence-corrected chi connectivity index (χ1v) is 12.9. The lowest BCUT2D eigenvalue weighted by molar-refractivity contribution is 0.670. The highest BCUT2D eigenvalue weighted by Crippen LogP contribution is 2.39. The van der Waals surface area contributed by atoms with Crippen molar-refractivity contribution < 1.29 is 4.42 Å². The van der Waals surface area contributed by atoms with E-state index in [1.54, 1.807) is 0 Å². The minimum absolute atomic E-state index is 0.912. The van der Waals surface area contributed by atoms with Gasteiger partial charge in [0.2, 0.25) is 0 Å². The van der Waals surface area contributed by atoms with E-state index in [9.17, 15) is 0 Å². The summed E-state index contributed by atoms with van der Waals surface area (Å²) in [5.74, 6) is 0. The number of anilines is 2. The summed E-state index contributed by atoms with van der Waals surface area (Å²) in [4.78, 5) is 0. The summed E-state index contributed by atoms with van der Waals surface area (Å²) < 4.78 is 6.34. The average Bonchev–Trinajstić information content (AvgIpc) is 3.38. The molecule has 180 valence electrons. The lowest BCUT2D eigenvalue weighted by atomic mass is 9.96. The van der Waals surface area contributed by atoms with E-state index in [-0.39, 0.29) is 0 Å². The molecule has 0 saturated carbocycles. The van der Waals surface area contributed by atoms with Crippen molar-refractivity contribution in [1.82, 2.24) is 0 Å². The molecular formula is C36H25NO. The normalized spacial score (nSPS) is 11.2. The van der Waals surface area contributed by atoms with Gasteiger partial charge in [0.05, 0.1) is 0 Å². The maximum atomic E-state index is 6.34. The summed E-state index contributed by atoms with van der Waals surface area (Å²) in [6, 6.07) is 50.8. The van der Waals surface area contributed by atoms with Crippen LogP contribution in [0.25, 0.3) is 55.3 Å². The Morgan fingerprint density at radius 2 is 1.05 bits per heavy atom. The Bertz CT molecular complexity index is 1870. The van der Waals surface area contributed by atoms with E-state index >= 15 is 0 Å². The van der Waals surface area contributed by atoms with Gasteiger partial charge in [-0.1, -0.05) is 115 Å². The van der Waals surface area contributed by atoms with Gasteiger partial charge >= 0.3 is 0 Å². The molecule has 6 aromatic carbocycles. The third kappa shape index (κ3) is 4.03. The molecule has 7 aromatic rings. The van der Waals surface area contributed by atoms with Crippen LogP contribution in [0.5, 0.6) is 0 Å². The predicted octanol–water partition coefficient (Wildman–Crippen LogP) is 10.3. The van der Waals surface area contributed by atoms with Crippen molar-refractivity contribution in [2.24, 2.45) is 0 Å². The van der Waals surface area contributed by atoms with Gasteiger partial charge in [0, 0.05) is 33.3 Å². The van der Waals surface area contributed by atoms with Crippen LogP contribution in [-0.4, -0.2) is 0 Å². The molecule has 0 radical (unpaired) electrons. The van der Waals surface area contributed by atoms with E-state index in [1.165, 1.54) is 11.1 Å². The first kappa shape index (κ1) is 22.1. The van der Waals surface area contributed by atoms with E-state index in [4.69, 9.17) is 4.42 Å². The molecule has 2 heteroatoms. The number of fused-ring (bicyclic) bond motifs is 3. The second-order valence-electron chi connectivity index (χ2n) is 9.48. The Hall–Kier alpha value is -5.08. The molecule has 1 N–H and O–H groups in total. The molecule has 0 spiro atoms. The van der Waals surface area contributed by atoms with E-state index in [0.29, 0.717) is 0 Å². The molecule has 0 aliphatic heterocycles. The van der Waals surface area contributed by atoms with Gasteiger partial charge < -0.3 is 9.73 Å². The maximum Gasteiger partial charge on any atom is 0.143 e. The third-order valence-corrected chi connectivity index (χ3v) is 7.09. The Labute approximate surface area is 221 Å². The Morgan fingerprint density at radius 1 is 0.421 bits per heavy atom. The number of rotatable bonds is 5. The first-order valence-electron chi connectivity index (χ1n) is 12.9. The van der Waals surface area contributed by atoms with Gasteiger partial charge in [0.25, 0.3) is 0 Å². The highest BCUT2D eigenvalue weighted by molar-refractivity contribution is 6.09. The molecule has 0 unspecified atom stereocenters. The standard InChI is InChI=1S/C36H25NO/c1-3-10-25(11-4-1)26-18-21-29(22-19-26)37-34-23-20-28(24-33(34)27-12-5-2-6-13-27)30-15-9-16-32-31-14-7-8-17-35(31)38-36(30)32/h1-24,37H. The second kappa shape index (κ2) is 9.42. The summed E-state index contributed by atoms with van der Waals surface area (Å²) >= 11 is 0. The molecule has 0 atom stereocenters. The molecular weight excluding hydrogens is 462 g/mol. The van der Waals surface area contributed by atoms with E-state index in [2.05, 4.69) is 133 Å². The average molecular weight is 488 g/mol. The van der Waals surface area contributed by atoms with Crippen molar-refractivity contribution in [2.75, 3.05) is 5.32 Å². The molecule has 0 aliphatic rings. The number of nitrogens with one attached hydrogen (secondary N) is 1. The van der Waals surface area contributed by atoms with Crippen LogP contribution >= 0.6 is 0 Å². The van der Waals surface area contributed by atoms with Crippen LogP contribution in [0.2, 0.25) is 0 Å². The minimum atomic E-state index is 0.912. The minimum Gasteiger partial charge on any atom is -0.455 e. The van der Waals surface area contributed by atoms with Gasteiger partial charge in [-0.15, -0.1) is 0 Å². The zero-order valence-electron chi connectivity index (χ0n) is 20.8. The fraction of sp³-hybridized carbons (Fsp3) is 0. The van der Waals surface area contributed by atoms with E-state index < -0.39 is 0 Å². The van der Waals surface area contributed by atoms with Gasteiger partial charge in [-0.05, 0) is 52.6 Å². The van der Waals surface area contributed by atoms with Gasteiger partial charge in [0.15, 0.2) is 0 Å². The third-order valence-electron chi connectivity index (χ3n) is 7.09. The van der Waals surface area contributed by atoms with Crippen molar-refractivity contribution in [1.29, 1.82) is 0 Å². The van der Waals surface area contributed by atoms with E-state index in [0.717, 1.165) is 55.6 Å². The molecule has 1 heterocycles. The zero-order chi connectivity index (χ0) is 25.3. The Balaban J connectivity index is 1.31. The monoisotopic (exact) mass is 487 g/mol. The maximum absolute atomic E-state index is 6.34. The number of benzene rings is 6. The lowest BCUT2D eigenvalue weighted by Gasteiger charge is -2.15. The van der Waals surface area contributed by atoms with Crippen LogP contribution in [0.4, 0.5) is 11.4 Å². The quantitative estimate of drug-likeness (QED) is 0.261. The lowest BCUT2D eigenvalue weighted by Crippen LogP contribution is -1.94. The van der Waals surface area contributed by atoms with Gasteiger partial charge in [-0.3, -0.25) is 0 Å². The van der Waals surface area contributed by atoms with Crippen LogP contribution in [-0.2, 0) is 0 Å². The number of furan rings is 1. The number of hydrogen-bond acceptors (Lipinski definition) is 2. The van der Waals surface area contributed by atoms with Gasteiger partial charge in [-0.25, -0.2) is 0 Å². The van der Waals surface area contributed by atoms with E-state index in [1.807, 2.05) is 18.2 Å². The first-order chi connectivity index (χ1) is 18.8. The molecule has 38 heavy (non-hydrogen) atoms. The topological polar surface area (TPSA) is 25.2 Å². The summed E-state index contributed by atoms with van der Waals surface area (Å²) in [5.41, 5.74) is 10.9. The van der Waals surface area contributed by atoms with Crippen LogP contribution < -0.4 is 5.32 Å². The van der Waals surface area contributed by atoms with Crippen molar-refractivity contribution in [3.05, 3.63) is 146 Å². The SMILES string of the molecule is c1ccc(-c2ccc(Nc3ccc(-c4cccc5c4oc4ccccc45)cc3-c3ccccc3)cc2)cc1. The van der Waals surface area contributed by atoms with Gasteiger partial charge in [0.1, 0.15) is 11.2 Å². The molecule has 0 saturated heterocycles. The molecule has 2 nitrogen and oxygen atoms in total. The fourth-order valence-electron chi connectivity index (χ4n) is 5.18. The zero-order valence-corrected chi connectivity index (χ0v) is 20.8. The smallest absolute Gasteiger partial charge is 0.143 e. The molecule has 7 rings (SSSR count). The van der Waals surface area contributed by atoms with Crippen molar-refractivity contribution >= 4 is 33.3 Å². The van der Waals surface area contributed by atoms with Crippen LogP contribution in [0, 0.1) is 0 Å². The summed E-state index contributed by atoms with van der Waals surface area (Å²) in [5, 5.41) is 5.95. The van der Waals surface area contributed by atoms with Crippen molar-refractivity contribution in [3.63, 3.8) is 0 Å². The van der Waals surface area contributed by atoms with Crippen molar-refractivity contribution in [3.8, 4) is 33.4 Å². The summed E-state index contributed by atoms with van der Waals surface area (Å²) in [6.45, 7) is 0. The highest BCUT2D eigenvalue weighted by atomic mass is 16.3. The Morgan fingerprint density at radius 3 is 1.84 bits per heavy atom. The number of para-hydroxylation sites is 2. The predicted molar refractivity (Wildman–Crippen MR) is 160 cm³/mol. The van der Waals surface area contributed by atoms with Crippen molar-refractivity contribution in [2.45, 2.75) is 0 Å². The molecule has 1 aromatic heterocycles. The largest absolute Gasteiger partial charge is 0.455 e. The van der Waals surface area contributed by atoms with Crippen LogP contribution in [0.1, 0.15) is 0 Å². The molecule has 0 aliphatic carbocycles. The van der Waals surface area contributed by atoms with Crippen LogP contribution in [0.3, 0.4) is 0 Å². The fourth-order valence-corrected chi connectivity index (χ4v) is 5.18. The summed E-state index contributed by atoms with van der Waals surface area (Å²) in [7, 11) is 0.